The van der Waals surface area contributed by atoms with Crippen LogP contribution in [0, 0.1) is 5.92 Å². The van der Waals surface area contributed by atoms with Crippen molar-refractivity contribution < 1.29 is 14.3 Å². The zero-order valence-corrected chi connectivity index (χ0v) is 14.6. The highest BCUT2D eigenvalue weighted by atomic mass is 16.5. The Labute approximate surface area is 138 Å². The predicted molar refractivity (Wildman–Crippen MR) is 89.6 cm³/mol. The lowest BCUT2D eigenvalue weighted by Crippen LogP contribution is -2.55. The van der Waals surface area contributed by atoms with Gasteiger partial charge in [-0.15, -0.1) is 0 Å². The van der Waals surface area contributed by atoms with Crippen molar-refractivity contribution in [3.8, 4) is 5.75 Å². The number of rotatable bonds is 5. The number of morpholine rings is 1. The summed E-state index contributed by atoms with van der Waals surface area (Å²) in [4.78, 5) is 19.1. The Kier molecular flexibility index (Phi) is 5.96. The Morgan fingerprint density at radius 1 is 1.39 bits per heavy atom. The third kappa shape index (κ3) is 4.42. The molecule has 2 heterocycles. The van der Waals surface area contributed by atoms with E-state index in [-0.39, 0.29) is 30.1 Å². The Hall–Kier alpha value is -1.66. The van der Waals surface area contributed by atoms with Crippen molar-refractivity contribution in [3.05, 3.63) is 18.5 Å². The molecule has 128 valence electrons. The zero-order valence-electron chi connectivity index (χ0n) is 14.6. The summed E-state index contributed by atoms with van der Waals surface area (Å²) in [5.41, 5.74) is 0.597. The number of pyridine rings is 1. The molecule has 0 bridgehead atoms. The van der Waals surface area contributed by atoms with Crippen LogP contribution in [0.15, 0.2) is 18.5 Å². The molecule has 6 heteroatoms. The van der Waals surface area contributed by atoms with Gasteiger partial charge in [-0.2, -0.15) is 0 Å². The van der Waals surface area contributed by atoms with Gasteiger partial charge in [0.15, 0.2) is 0 Å². The highest BCUT2D eigenvalue weighted by Crippen LogP contribution is 2.24. The summed E-state index contributed by atoms with van der Waals surface area (Å²) in [6.07, 6.45) is 3.50. The third-order valence-corrected chi connectivity index (χ3v) is 4.00. The molecule has 3 unspecified atom stereocenters. The maximum absolute atomic E-state index is 12.9. The molecule has 1 N–H and O–H groups in total. The van der Waals surface area contributed by atoms with E-state index >= 15 is 0 Å². The van der Waals surface area contributed by atoms with Crippen molar-refractivity contribution in [2.75, 3.05) is 25.5 Å². The molecule has 0 aromatic carbocycles. The van der Waals surface area contributed by atoms with E-state index in [0.29, 0.717) is 11.4 Å². The molecule has 6 nitrogen and oxygen atoms in total. The maximum atomic E-state index is 12.9. The molecule has 1 saturated heterocycles. The average molecular weight is 321 g/mol. The van der Waals surface area contributed by atoms with Gasteiger partial charge in [-0.3, -0.25) is 14.7 Å². The van der Waals surface area contributed by atoms with E-state index in [1.54, 1.807) is 25.6 Å². The first-order valence-electron chi connectivity index (χ1n) is 8.10. The fraction of sp³-hybridized carbons (Fsp3) is 0.647. The Morgan fingerprint density at radius 3 is 2.61 bits per heavy atom. The van der Waals surface area contributed by atoms with Crippen LogP contribution in [0.5, 0.6) is 5.75 Å². The van der Waals surface area contributed by atoms with Crippen molar-refractivity contribution in [2.45, 2.75) is 45.9 Å². The van der Waals surface area contributed by atoms with Gasteiger partial charge in [0.2, 0.25) is 5.91 Å². The summed E-state index contributed by atoms with van der Waals surface area (Å²) < 4.78 is 11.1. The van der Waals surface area contributed by atoms with Crippen LogP contribution in [0.3, 0.4) is 0 Å². The minimum Gasteiger partial charge on any atom is -0.494 e. The molecule has 2 rings (SSSR count). The van der Waals surface area contributed by atoms with Gasteiger partial charge < -0.3 is 14.8 Å². The molecule has 1 aromatic heterocycles. The number of hydrogen-bond acceptors (Lipinski definition) is 5. The van der Waals surface area contributed by atoms with Crippen molar-refractivity contribution in [3.63, 3.8) is 0 Å². The minimum absolute atomic E-state index is 0.0346. The number of ether oxygens (including phenoxy) is 2. The number of hydrogen-bond donors (Lipinski definition) is 1. The second kappa shape index (κ2) is 7.75. The van der Waals surface area contributed by atoms with Gasteiger partial charge in [0.05, 0.1) is 31.6 Å². The highest BCUT2D eigenvalue weighted by molar-refractivity contribution is 5.96. The maximum Gasteiger partial charge on any atom is 0.242 e. The molecule has 23 heavy (non-hydrogen) atoms. The van der Waals surface area contributed by atoms with Crippen LogP contribution < -0.4 is 10.1 Å². The number of nitrogens with one attached hydrogen (secondary N) is 1. The number of aromatic nitrogens is 1. The smallest absolute Gasteiger partial charge is 0.242 e. The Bertz CT molecular complexity index is 526. The second-order valence-corrected chi connectivity index (χ2v) is 6.47. The quantitative estimate of drug-likeness (QED) is 0.900. The molecule has 1 amide bonds. The van der Waals surface area contributed by atoms with Gasteiger partial charge >= 0.3 is 0 Å². The molecule has 1 aromatic rings. The fourth-order valence-corrected chi connectivity index (χ4v) is 3.20. The lowest BCUT2D eigenvalue weighted by Gasteiger charge is -2.41. The SMILES string of the molecule is COc1ccncc1NC(=O)C(C(C)C)N1CC(C)OC(C)C1. The Balaban J connectivity index is 2.15. The molecule has 0 radical (unpaired) electrons. The van der Waals surface area contributed by atoms with E-state index in [1.165, 1.54) is 0 Å². The number of anilines is 1. The minimum atomic E-state index is -0.214. The zero-order chi connectivity index (χ0) is 17.0. The number of amides is 1. The van der Waals surface area contributed by atoms with Crippen molar-refractivity contribution in [1.29, 1.82) is 0 Å². The van der Waals surface area contributed by atoms with E-state index in [1.807, 2.05) is 13.8 Å². The molecular formula is C17H27N3O3. The van der Waals surface area contributed by atoms with Gasteiger partial charge in [0, 0.05) is 25.4 Å². The topological polar surface area (TPSA) is 63.7 Å². The van der Waals surface area contributed by atoms with E-state index in [0.717, 1.165) is 13.1 Å². The Morgan fingerprint density at radius 2 is 2.04 bits per heavy atom. The second-order valence-electron chi connectivity index (χ2n) is 6.47. The summed E-state index contributed by atoms with van der Waals surface area (Å²) in [7, 11) is 1.58. The van der Waals surface area contributed by atoms with Crippen LogP contribution >= 0.6 is 0 Å². The summed E-state index contributed by atoms with van der Waals surface area (Å²) in [6.45, 7) is 9.73. The summed E-state index contributed by atoms with van der Waals surface area (Å²) in [5.74, 6) is 0.766. The largest absolute Gasteiger partial charge is 0.494 e. The van der Waals surface area contributed by atoms with Crippen LogP contribution in [0.2, 0.25) is 0 Å². The van der Waals surface area contributed by atoms with Crippen molar-refractivity contribution in [1.82, 2.24) is 9.88 Å². The van der Waals surface area contributed by atoms with Gasteiger partial charge in [-0.1, -0.05) is 13.8 Å². The number of nitrogens with zero attached hydrogens (tertiary/aromatic N) is 2. The summed E-state index contributed by atoms with van der Waals surface area (Å²) in [5, 5.41) is 2.96. The fourth-order valence-electron chi connectivity index (χ4n) is 3.20. The first-order chi connectivity index (χ1) is 10.9. The van der Waals surface area contributed by atoms with Crippen LogP contribution in [0.1, 0.15) is 27.7 Å². The normalized spacial score (nSPS) is 23.6. The van der Waals surface area contributed by atoms with Crippen LogP contribution in [0.25, 0.3) is 0 Å². The lowest BCUT2D eigenvalue weighted by atomic mass is 9.99. The number of carbonyl (C=O) groups excluding carboxylic acids is 1. The molecule has 1 aliphatic heterocycles. The highest BCUT2D eigenvalue weighted by Gasteiger charge is 2.34. The monoisotopic (exact) mass is 321 g/mol. The van der Waals surface area contributed by atoms with Gasteiger partial charge in [-0.25, -0.2) is 0 Å². The average Bonchev–Trinajstić information content (AvgIpc) is 2.46. The first-order valence-corrected chi connectivity index (χ1v) is 8.10. The van der Waals surface area contributed by atoms with Crippen LogP contribution in [0.4, 0.5) is 5.69 Å². The van der Waals surface area contributed by atoms with E-state index in [9.17, 15) is 4.79 Å². The first kappa shape index (κ1) is 17.7. The molecular weight excluding hydrogens is 294 g/mol. The molecule has 0 saturated carbocycles. The van der Waals surface area contributed by atoms with E-state index in [2.05, 4.69) is 29.0 Å². The van der Waals surface area contributed by atoms with Crippen LogP contribution in [-0.4, -0.2) is 54.2 Å². The lowest BCUT2D eigenvalue weighted by molar-refractivity contribution is -0.130. The standard InChI is InChI=1S/C17H27N3O3/c1-11(2)16(20-9-12(3)23-13(4)10-20)17(21)19-14-8-18-7-6-15(14)22-5/h6-8,11-13,16H,9-10H2,1-5H3,(H,19,21). The summed E-state index contributed by atoms with van der Waals surface area (Å²) in [6, 6.07) is 1.52. The van der Waals surface area contributed by atoms with Crippen molar-refractivity contribution >= 4 is 11.6 Å². The molecule has 3 atom stereocenters. The number of methoxy groups -OCH3 is 1. The van der Waals surface area contributed by atoms with Crippen molar-refractivity contribution in [2.24, 2.45) is 5.92 Å². The van der Waals surface area contributed by atoms with Gasteiger partial charge in [0.25, 0.3) is 0 Å². The number of carbonyl (C=O) groups is 1. The molecule has 0 spiro atoms. The van der Waals surface area contributed by atoms with E-state index < -0.39 is 0 Å². The molecule has 1 fully saturated rings. The third-order valence-electron chi connectivity index (χ3n) is 4.00. The van der Waals surface area contributed by atoms with Gasteiger partial charge in [0.1, 0.15) is 11.4 Å². The molecule has 1 aliphatic rings. The van der Waals surface area contributed by atoms with Gasteiger partial charge in [-0.05, 0) is 19.8 Å². The summed E-state index contributed by atoms with van der Waals surface area (Å²) >= 11 is 0. The predicted octanol–water partition coefficient (Wildman–Crippen LogP) is 2.16. The molecule has 0 aliphatic carbocycles. The van der Waals surface area contributed by atoms with Crippen LogP contribution in [-0.2, 0) is 9.53 Å². The van der Waals surface area contributed by atoms with E-state index in [4.69, 9.17) is 9.47 Å².